The summed E-state index contributed by atoms with van der Waals surface area (Å²) in [4.78, 5) is 24.3. The van der Waals surface area contributed by atoms with Crippen LogP contribution in [0.1, 0.15) is 28.4 Å². The number of benzene rings is 2. The lowest BCUT2D eigenvalue weighted by Crippen LogP contribution is -2.16. The van der Waals surface area contributed by atoms with Gasteiger partial charge in [-0.1, -0.05) is 11.6 Å². The number of carbonyl (C=O) groups is 2. The summed E-state index contributed by atoms with van der Waals surface area (Å²) in [6.07, 6.45) is 0. The zero-order valence-corrected chi connectivity index (χ0v) is 16.9. The lowest BCUT2D eigenvalue weighted by atomic mass is 10.0. The van der Waals surface area contributed by atoms with E-state index in [4.69, 9.17) is 25.8 Å². The Morgan fingerprint density at radius 1 is 1.25 bits per heavy atom. The molecule has 0 unspecified atom stereocenters. The molecule has 28 heavy (non-hydrogen) atoms. The van der Waals surface area contributed by atoms with E-state index in [1.54, 1.807) is 43.3 Å². The van der Waals surface area contributed by atoms with Crippen molar-refractivity contribution >= 4 is 40.9 Å². The summed E-state index contributed by atoms with van der Waals surface area (Å²) in [5.41, 5.74) is 2.79. The molecule has 0 aromatic heterocycles. The minimum absolute atomic E-state index is 0.119. The topological polar surface area (TPSA) is 73.9 Å². The molecular formula is C20H20ClNO5S. The maximum Gasteiger partial charge on any atom is 0.338 e. The number of anilines is 1. The quantitative estimate of drug-likeness (QED) is 0.673. The van der Waals surface area contributed by atoms with Gasteiger partial charge in [-0.25, -0.2) is 4.79 Å². The predicted octanol–water partition coefficient (Wildman–Crippen LogP) is 4.26. The zero-order chi connectivity index (χ0) is 19.9. The van der Waals surface area contributed by atoms with Crippen LogP contribution in [0.3, 0.4) is 0 Å². The van der Waals surface area contributed by atoms with Crippen LogP contribution in [0.25, 0.3) is 0 Å². The van der Waals surface area contributed by atoms with Gasteiger partial charge >= 0.3 is 5.97 Å². The first kappa shape index (κ1) is 20.5. The highest BCUT2D eigenvalue weighted by Crippen LogP contribution is 2.32. The van der Waals surface area contributed by atoms with Gasteiger partial charge in [-0.2, -0.15) is 0 Å². The summed E-state index contributed by atoms with van der Waals surface area (Å²) >= 11 is 7.27. The first-order valence-corrected chi connectivity index (χ1v) is 10.3. The minimum Gasteiger partial charge on any atom is -0.467 e. The van der Waals surface area contributed by atoms with Crippen LogP contribution >= 0.6 is 23.4 Å². The lowest BCUT2D eigenvalue weighted by Gasteiger charge is -2.21. The van der Waals surface area contributed by atoms with Crippen molar-refractivity contribution in [1.82, 2.24) is 0 Å². The van der Waals surface area contributed by atoms with Gasteiger partial charge in [0.25, 0.3) is 0 Å². The van der Waals surface area contributed by atoms with Crippen molar-refractivity contribution in [3.05, 3.63) is 58.1 Å². The predicted molar refractivity (Wildman–Crippen MR) is 109 cm³/mol. The second-order valence-electron chi connectivity index (χ2n) is 6.00. The second kappa shape index (κ2) is 9.82. The van der Waals surface area contributed by atoms with Gasteiger partial charge in [0.15, 0.2) is 6.79 Å². The Hall–Kier alpha value is -2.22. The molecule has 0 atom stereocenters. The molecule has 1 aliphatic rings. The van der Waals surface area contributed by atoms with Gasteiger partial charge < -0.3 is 19.5 Å². The molecule has 1 N–H and O–H groups in total. The van der Waals surface area contributed by atoms with Crippen LogP contribution in [-0.4, -0.2) is 31.0 Å². The fraction of sp³-hybridized carbons (Fsp3) is 0.300. The Balaban J connectivity index is 1.64. The van der Waals surface area contributed by atoms with Crippen molar-refractivity contribution in [3.8, 4) is 5.75 Å². The maximum absolute atomic E-state index is 12.1. The summed E-state index contributed by atoms with van der Waals surface area (Å²) in [5.74, 6) is 0.987. The Morgan fingerprint density at radius 2 is 2.04 bits per heavy atom. The number of halogens is 1. The number of amides is 1. The number of hydrogen-bond donors (Lipinski definition) is 1. The van der Waals surface area contributed by atoms with Crippen LogP contribution in [0.2, 0.25) is 5.02 Å². The molecule has 148 valence electrons. The highest BCUT2D eigenvalue weighted by Gasteiger charge is 2.20. The average Bonchev–Trinajstić information content (AvgIpc) is 2.69. The largest absolute Gasteiger partial charge is 0.467 e. The average molecular weight is 422 g/mol. The number of thioether (sulfide) groups is 1. The fourth-order valence-electron chi connectivity index (χ4n) is 2.72. The Bertz CT molecular complexity index is 856. The van der Waals surface area contributed by atoms with E-state index in [9.17, 15) is 9.59 Å². The van der Waals surface area contributed by atoms with Gasteiger partial charge in [0.1, 0.15) is 5.75 Å². The van der Waals surface area contributed by atoms with Gasteiger partial charge in [-0.15, -0.1) is 11.8 Å². The van der Waals surface area contributed by atoms with Crippen molar-refractivity contribution in [1.29, 1.82) is 0 Å². The number of esters is 1. The van der Waals surface area contributed by atoms with Gasteiger partial charge in [0, 0.05) is 27.6 Å². The molecule has 3 rings (SSSR count). The number of nitrogens with one attached hydrogen (secondary N) is 1. The summed E-state index contributed by atoms with van der Waals surface area (Å²) in [7, 11) is 0. The number of ether oxygens (including phenoxy) is 3. The van der Waals surface area contributed by atoms with Gasteiger partial charge in [0.2, 0.25) is 5.91 Å². The third-order valence-electron chi connectivity index (χ3n) is 3.92. The van der Waals surface area contributed by atoms with E-state index in [2.05, 4.69) is 5.32 Å². The molecule has 0 saturated heterocycles. The molecule has 1 heterocycles. The van der Waals surface area contributed by atoms with Crippen molar-refractivity contribution in [3.63, 3.8) is 0 Å². The third-order valence-corrected chi connectivity index (χ3v) is 5.15. The third kappa shape index (κ3) is 5.41. The molecule has 0 radical (unpaired) electrons. The normalized spacial score (nSPS) is 12.6. The Kier molecular flexibility index (Phi) is 7.19. The lowest BCUT2D eigenvalue weighted by molar-refractivity contribution is -0.113. The van der Waals surface area contributed by atoms with Crippen molar-refractivity contribution < 1.29 is 23.8 Å². The van der Waals surface area contributed by atoms with Crippen LogP contribution in [0.4, 0.5) is 5.69 Å². The first-order chi connectivity index (χ1) is 13.6. The van der Waals surface area contributed by atoms with Crippen molar-refractivity contribution in [2.24, 2.45) is 0 Å². The minimum atomic E-state index is -0.386. The van der Waals surface area contributed by atoms with E-state index in [1.807, 2.05) is 0 Å². The Morgan fingerprint density at radius 3 is 2.79 bits per heavy atom. The summed E-state index contributed by atoms with van der Waals surface area (Å²) < 4.78 is 16.0. The molecular weight excluding hydrogens is 402 g/mol. The standard InChI is InChI=1S/C20H20ClNO5S/c1-2-26-20(24)13-7-14-9-25-12-27-19(14)15(8-13)10-28-11-18(23)22-17-5-3-16(21)4-6-17/h3-8H,2,9-12H2,1H3,(H,22,23). The van der Waals surface area contributed by atoms with Crippen LogP contribution in [0, 0.1) is 0 Å². The number of rotatable bonds is 7. The molecule has 0 spiro atoms. The summed E-state index contributed by atoms with van der Waals surface area (Å²) in [6, 6.07) is 10.4. The van der Waals surface area contributed by atoms with Crippen LogP contribution in [0.5, 0.6) is 5.75 Å². The van der Waals surface area contributed by atoms with Crippen LogP contribution in [0.15, 0.2) is 36.4 Å². The molecule has 0 saturated carbocycles. The number of hydrogen-bond acceptors (Lipinski definition) is 6. The monoisotopic (exact) mass is 421 g/mol. The molecule has 0 aliphatic carbocycles. The highest BCUT2D eigenvalue weighted by atomic mass is 35.5. The molecule has 8 heteroatoms. The van der Waals surface area contributed by atoms with E-state index in [0.717, 1.165) is 11.1 Å². The molecule has 0 bridgehead atoms. The Labute approximate surface area is 172 Å². The fourth-order valence-corrected chi connectivity index (χ4v) is 3.64. The molecule has 2 aromatic rings. The molecule has 6 nitrogen and oxygen atoms in total. The number of fused-ring (bicyclic) bond motifs is 1. The smallest absolute Gasteiger partial charge is 0.338 e. The van der Waals surface area contributed by atoms with Crippen LogP contribution in [-0.2, 0) is 26.6 Å². The van der Waals surface area contributed by atoms with E-state index in [-0.39, 0.29) is 24.4 Å². The SMILES string of the molecule is CCOC(=O)c1cc2c(c(CSCC(=O)Nc3ccc(Cl)cc3)c1)OCOC2. The zero-order valence-electron chi connectivity index (χ0n) is 15.3. The van der Waals surface area contributed by atoms with Crippen LogP contribution < -0.4 is 10.1 Å². The summed E-state index contributed by atoms with van der Waals surface area (Å²) in [6.45, 7) is 2.61. The van der Waals surface area contributed by atoms with Gasteiger partial charge in [-0.3, -0.25) is 4.79 Å². The van der Waals surface area contributed by atoms with Crippen molar-refractivity contribution in [2.45, 2.75) is 19.3 Å². The summed E-state index contributed by atoms with van der Waals surface area (Å²) in [5, 5.41) is 3.43. The molecule has 2 aromatic carbocycles. The van der Waals surface area contributed by atoms with E-state index >= 15 is 0 Å². The van der Waals surface area contributed by atoms with E-state index in [1.165, 1.54) is 11.8 Å². The second-order valence-corrected chi connectivity index (χ2v) is 7.42. The molecule has 1 amide bonds. The van der Waals surface area contributed by atoms with E-state index < -0.39 is 0 Å². The molecule has 0 fully saturated rings. The van der Waals surface area contributed by atoms with E-state index in [0.29, 0.717) is 41.0 Å². The maximum atomic E-state index is 12.1. The number of carbonyl (C=O) groups excluding carboxylic acids is 2. The van der Waals surface area contributed by atoms with Gasteiger partial charge in [-0.05, 0) is 43.3 Å². The van der Waals surface area contributed by atoms with Gasteiger partial charge in [0.05, 0.1) is 24.5 Å². The van der Waals surface area contributed by atoms with Crippen molar-refractivity contribution in [2.75, 3.05) is 24.5 Å². The first-order valence-electron chi connectivity index (χ1n) is 8.73. The molecule has 1 aliphatic heterocycles. The highest BCUT2D eigenvalue weighted by molar-refractivity contribution is 7.99.